The molecule has 0 saturated carbocycles. The maximum Gasteiger partial charge on any atom is 0.363 e. The molecule has 0 saturated heterocycles. The molecule has 3 rings (SSSR count). The van der Waals surface area contributed by atoms with Gasteiger partial charge in [0.15, 0.2) is 0 Å². The van der Waals surface area contributed by atoms with Gasteiger partial charge in [-0.2, -0.15) is 0 Å². The van der Waals surface area contributed by atoms with Crippen LogP contribution in [0, 0.1) is 0 Å². The zero-order chi connectivity index (χ0) is 38.4. The van der Waals surface area contributed by atoms with E-state index in [0.29, 0.717) is 16.7 Å². The predicted molar refractivity (Wildman–Crippen MR) is 190 cm³/mol. The van der Waals surface area contributed by atoms with Crippen molar-refractivity contribution < 1.29 is 61.3 Å². The van der Waals surface area contributed by atoms with Gasteiger partial charge in [0.05, 0.1) is 21.3 Å². The maximum absolute atomic E-state index is 12.3. The molecular formula is C34H43ClN3O13P. The highest BCUT2D eigenvalue weighted by Crippen LogP contribution is 2.50. The number of hydrogen-bond acceptors (Lipinski definition) is 13. The van der Waals surface area contributed by atoms with Crippen LogP contribution in [0.15, 0.2) is 91.0 Å². The zero-order valence-corrected chi connectivity index (χ0v) is 30.2. The van der Waals surface area contributed by atoms with Crippen molar-refractivity contribution >= 4 is 54.8 Å². The van der Waals surface area contributed by atoms with Gasteiger partial charge in [0.1, 0.15) is 0 Å². The smallest absolute Gasteiger partial charge is 0.363 e. The summed E-state index contributed by atoms with van der Waals surface area (Å²) in [6, 6.07) is 25.2. The summed E-state index contributed by atoms with van der Waals surface area (Å²) in [6.07, 6.45) is -1.09. The third-order valence-electron chi connectivity index (χ3n) is 6.20. The number of alkyl halides is 1. The normalized spacial score (nSPS) is 11.8. The molecule has 3 unspecified atom stereocenters. The minimum Gasteiger partial charge on any atom is -0.467 e. The van der Waals surface area contributed by atoms with Gasteiger partial charge in [-0.25, -0.2) is 14.4 Å². The number of hydrogen-bond donors (Lipinski definition) is 3. The van der Waals surface area contributed by atoms with Crippen molar-refractivity contribution in [1.29, 1.82) is 0 Å². The van der Waals surface area contributed by atoms with Gasteiger partial charge in [0, 0.05) is 38.0 Å². The molecular weight excluding hydrogens is 725 g/mol. The molecule has 0 aliphatic rings. The molecule has 0 aliphatic heterocycles. The van der Waals surface area contributed by atoms with Gasteiger partial charge in [0.2, 0.25) is 17.5 Å². The van der Waals surface area contributed by atoms with Crippen LogP contribution in [-0.4, -0.2) is 95.8 Å². The molecule has 3 aromatic rings. The molecule has 18 heteroatoms. The van der Waals surface area contributed by atoms with Crippen molar-refractivity contribution in [3.63, 3.8) is 0 Å². The number of nitrogens with one attached hydrogen (secondary N) is 3. The van der Waals surface area contributed by atoms with E-state index in [1.807, 2.05) is 0 Å². The number of methoxy groups -OCH3 is 4. The summed E-state index contributed by atoms with van der Waals surface area (Å²) in [5, 5.41) is 7.00. The Hall–Kier alpha value is -5.12. The SMILES string of the molecule is C.COC(=O)C(Cl)NC(=O)c1ccccc1.COC(=O)C(NC(=O)c1ccccc1)OC.COC(=O)C(NC(=O)c1ccccc1)P(=O)(OC)OC. The number of esters is 3. The third-order valence-corrected chi connectivity index (χ3v) is 8.48. The van der Waals surface area contributed by atoms with E-state index in [2.05, 4.69) is 30.2 Å². The van der Waals surface area contributed by atoms with E-state index in [1.54, 1.807) is 91.0 Å². The standard InChI is InChI=1S/C12H16NO6P.C11H13NO4.C10H10ClNO3.CH4/c1-17-12(15)11(20(16,18-2)19-3)13-10(14)9-7-5-4-6-8-9;1-15-10(11(14)16-2)12-9(13)8-6-4-3-5-7-8;1-15-10(14)8(11)12-9(13)7-5-3-2-4-6-7;/h4-8,11H,1-3H3,(H,13,14);3-7,10H,1-2H3,(H,12,13);2-6,8H,1H3,(H,12,13);1H4. The summed E-state index contributed by atoms with van der Waals surface area (Å²) < 4.78 is 39.8. The Morgan fingerprint density at radius 1 is 0.538 bits per heavy atom. The van der Waals surface area contributed by atoms with Crippen molar-refractivity contribution in [3.05, 3.63) is 108 Å². The second kappa shape index (κ2) is 24.9. The Bertz CT molecular complexity index is 1610. The number of carbonyl (C=O) groups excluding carboxylic acids is 6. The summed E-state index contributed by atoms with van der Waals surface area (Å²) in [4.78, 5) is 68.8. The van der Waals surface area contributed by atoms with Gasteiger partial charge >= 0.3 is 25.5 Å². The van der Waals surface area contributed by atoms with Gasteiger partial charge < -0.3 is 43.9 Å². The molecule has 0 bridgehead atoms. The molecule has 0 aliphatic carbocycles. The number of amides is 3. The zero-order valence-electron chi connectivity index (χ0n) is 28.5. The Kier molecular flexibility index (Phi) is 22.5. The van der Waals surface area contributed by atoms with Crippen molar-refractivity contribution in [1.82, 2.24) is 16.0 Å². The van der Waals surface area contributed by atoms with Crippen molar-refractivity contribution in [3.8, 4) is 0 Å². The number of ether oxygens (including phenoxy) is 4. The second-order valence-corrected chi connectivity index (χ2v) is 12.1. The van der Waals surface area contributed by atoms with Crippen LogP contribution in [0.4, 0.5) is 0 Å². The minimum atomic E-state index is -3.84. The number of benzene rings is 3. The molecule has 284 valence electrons. The Balaban J connectivity index is 0.000000752. The van der Waals surface area contributed by atoms with E-state index >= 15 is 0 Å². The lowest BCUT2D eigenvalue weighted by Crippen LogP contribution is -2.42. The first-order chi connectivity index (χ1) is 24.3. The monoisotopic (exact) mass is 767 g/mol. The van der Waals surface area contributed by atoms with Crippen LogP contribution in [-0.2, 0) is 46.9 Å². The van der Waals surface area contributed by atoms with E-state index in [0.717, 1.165) is 21.3 Å². The van der Waals surface area contributed by atoms with Crippen LogP contribution < -0.4 is 16.0 Å². The lowest BCUT2D eigenvalue weighted by Gasteiger charge is -2.23. The first-order valence-corrected chi connectivity index (χ1v) is 16.6. The number of carbonyl (C=O) groups is 6. The van der Waals surface area contributed by atoms with E-state index in [1.165, 1.54) is 21.3 Å². The van der Waals surface area contributed by atoms with Crippen molar-refractivity contribution in [2.24, 2.45) is 0 Å². The summed E-state index contributed by atoms with van der Waals surface area (Å²) in [7, 11) is 3.24. The average Bonchev–Trinajstić information content (AvgIpc) is 3.18. The molecule has 3 atom stereocenters. The van der Waals surface area contributed by atoms with E-state index < -0.39 is 60.7 Å². The molecule has 3 aromatic carbocycles. The van der Waals surface area contributed by atoms with Crippen molar-refractivity contribution in [2.45, 2.75) is 24.9 Å². The van der Waals surface area contributed by atoms with Crippen LogP contribution in [0.1, 0.15) is 38.5 Å². The highest BCUT2D eigenvalue weighted by atomic mass is 35.5. The van der Waals surface area contributed by atoms with Gasteiger partial charge in [-0.3, -0.25) is 18.9 Å². The highest BCUT2D eigenvalue weighted by molar-refractivity contribution is 7.55. The molecule has 3 N–H and O–H groups in total. The molecule has 52 heavy (non-hydrogen) atoms. The van der Waals surface area contributed by atoms with Gasteiger partial charge in [0.25, 0.3) is 17.7 Å². The molecule has 16 nitrogen and oxygen atoms in total. The molecule has 0 fully saturated rings. The van der Waals surface area contributed by atoms with Crippen LogP contribution in [0.5, 0.6) is 0 Å². The average molecular weight is 768 g/mol. The van der Waals surface area contributed by atoms with Crippen LogP contribution >= 0.6 is 19.2 Å². The molecule has 0 aromatic heterocycles. The van der Waals surface area contributed by atoms with E-state index in [4.69, 9.17) is 25.4 Å². The third kappa shape index (κ3) is 15.4. The maximum atomic E-state index is 12.3. The Morgan fingerprint density at radius 3 is 1.21 bits per heavy atom. The molecule has 0 heterocycles. The fraction of sp³-hybridized carbons (Fsp3) is 0.294. The first-order valence-electron chi connectivity index (χ1n) is 14.5. The molecule has 3 amide bonds. The largest absolute Gasteiger partial charge is 0.467 e. The Labute approximate surface area is 306 Å². The van der Waals surface area contributed by atoms with E-state index in [9.17, 15) is 33.3 Å². The fourth-order valence-corrected chi connectivity index (χ4v) is 4.92. The second-order valence-electron chi connectivity index (χ2n) is 9.37. The summed E-state index contributed by atoms with van der Waals surface area (Å²) in [5.74, 6) is -5.18. The summed E-state index contributed by atoms with van der Waals surface area (Å²) in [6.45, 7) is 0. The lowest BCUT2D eigenvalue weighted by atomic mass is 10.2. The number of halogens is 1. The van der Waals surface area contributed by atoms with Gasteiger partial charge in [-0.1, -0.05) is 73.6 Å². The topological polar surface area (TPSA) is 211 Å². The fourth-order valence-electron chi connectivity index (χ4n) is 3.52. The van der Waals surface area contributed by atoms with Gasteiger partial charge in [-0.15, -0.1) is 0 Å². The first kappa shape index (κ1) is 46.9. The van der Waals surface area contributed by atoms with E-state index in [-0.39, 0.29) is 7.43 Å². The van der Waals surface area contributed by atoms with Crippen molar-refractivity contribution in [2.75, 3.05) is 42.7 Å². The Morgan fingerprint density at radius 2 is 0.885 bits per heavy atom. The summed E-state index contributed by atoms with van der Waals surface area (Å²) in [5.41, 5.74) is 0.0309. The molecule has 0 spiro atoms. The quantitative estimate of drug-likeness (QED) is 0.0566. The lowest BCUT2D eigenvalue weighted by molar-refractivity contribution is -0.153. The molecule has 0 radical (unpaired) electrons. The van der Waals surface area contributed by atoms with Crippen LogP contribution in [0.25, 0.3) is 0 Å². The summed E-state index contributed by atoms with van der Waals surface area (Å²) >= 11 is 5.57. The highest BCUT2D eigenvalue weighted by Gasteiger charge is 2.42. The minimum absolute atomic E-state index is 0. The number of rotatable bonds is 13. The van der Waals surface area contributed by atoms with Crippen LogP contribution in [0.2, 0.25) is 0 Å². The van der Waals surface area contributed by atoms with Crippen LogP contribution in [0.3, 0.4) is 0 Å². The van der Waals surface area contributed by atoms with Gasteiger partial charge in [-0.05, 0) is 36.4 Å². The predicted octanol–water partition coefficient (Wildman–Crippen LogP) is 3.75.